The lowest BCUT2D eigenvalue weighted by Crippen LogP contribution is -2.42. The predicted octanol–water partition coefficient (Wildman–Crippen LogP) is 5.02. The molecule has 4 rings (SSSR count). The fraction of sp³-hybridized carbons (Fsp3) is 0.292. The monoisotopic (exact) mass is 392 g/mol. The normalized spacial score (nSPS) is 17.5. The van der Waals surface area contributed by atoms with Crippen molar-refractivity contribution in [3.63, 3.8) is 0 Å². The Hall–Kier alpha value is -2.36. The van der Waals surface area contributed by atoms with E-state index in [9.17, 15) is 4.79 Å². The van der Waals surface area contributed by atoms with Gasteiger partial charge in [-0.2, -0.15) is 0 Å². The van der Waals surface area contributed by atoms with Crippen LogP contribution in [0.4, 0.5) is 0 Å². The predicted molar refractivity (Wildman–Crippen MR) is 115 cm³/mol. The minimum atomic E-state index is 0.0519. The van der Waals surface area contributed by atoms with Crippen molar-refractivity contribution in [2.75, 3.05) is 13.1 Å². The molecule has 1 N–H and O–H groups in total. The zero-order chi connectivity index (χ0) is 19.3. The third kappa shape index (κ3) is 4.54. The highest BCUT2D eigenvalue weighted by Crippen LogP contribution is 2.23. The van der Waals surface area contributed by atoms with Crippen molar-refractivity contribution < 1.29 is 4.79 Å². The molecular formula is C24H25ClN2O. The van der Waals surface area contributed by atoms with Gasteiger partial charge in [0.2, 0.25) is 5.91 Å². The Morgan fingerprint density at radius 1 is 1.04 bits per heavy atom. The molecule has 1 unspecified atom stereocenters. The molecule has 1 fully saturated rings. The summed E-state index contributed by atoms with van der Waals surface area (Å²) in [6.45, 7) is 3.30. The van der Waals surface area contributed by atoms with Crippen molar-refractivity contribution in [3.05, 3.63) is 82.9 Å². The van der Waals surface area contributed by atoms with E-state index in [1.54, 1.807) is 0 Å². The third-order valence-electron chi connectivity index (χ3n) is 5.53. The molecule has 1 saturated heterocycles. The molecule has 1 amide bonds. The Morgan fingerprint density at radius 3 is 2.68 bits per heavy atom. The molecule has 3 nitrogen and oxygen atoms in total. The molecule has 4 heteroatoms. The smallest absolute Gasteiger partial charge is 0.224 e. The largest absolute Gasteiger partial charge is 0.352 e. The highest BCUT2D eigenvalue weighted by Gasteiger charge is 2.25. The lowest BCUT2D eigenvalue weighted by atomic mass is 9.96. The van der Waals surface area contributed by atoms with Gasteiger partial charge in [-0.05, 0) is 53.4 Å². The maximum Gasteiger partial charge on any atom is 0.224 e. The molecular weight excluding hydrogens is 368 g/mol. The van der Waals surface area contributed by atoms with Gasteiger partial charge in [-0.15, -0.1) is 0 Å². The molecule has 3 aromatic carbocycles. The summed E-state index contributed by atoms with van der Waals surface area (Å²) in [5.74, 6) is 0.202. The van der Waals surface area contributed by atoms with Gasteiger partial charge in [-0.3, -0.25) is 9.69 Å². The molecule has 144 valence electrons. The van der Waals surface area contributed by atoms with E-state index in [1.807, 2.05) is 24.3 Å². The summed E-state index contributed by atoms with van der Waals surface area (Å²) in [5, 5.41) is 6.39. The number of carbonyl (C=O) groups is 1. The number of halogens is 1. The van der Waals surface area contributed by atoms with Gasteiger partial charge in [0.25, 0.3) is 0 Å². The van der Waals surface area contributed by atoms with E-state index in [0.29, 0.717) is 11.6 Å². The Kier molecular flexibility index (Phi) is 5.94. The van der Waals surface area contributed by atoms with Gasteiger partial charge in [0.05, 0.1) is 5.92 Å². The number of likely N-dealkylation sites (tertiary alicyclic amines) is 1. The Balaban J connectivity index is 1.37. The van der Waals surface area contributed by atoms with Crippen LogP contribution >= 0.6 is 11.6 Å². The maximum atomic E-state index is 12.7. The number of fused-ring (bicyclic) bond motifs is 1. The number of carbonyl (C=O) groups excluding carboxylic acids is 1. The average Bonchev–Trinajstić information content (AvgIpc) is 2.74. The van der Waals surface area contributed by atoms with Gasteiger partial charge >= 0.3 is 0 Å². The van der Waals surface area contributed by atoms with Crippen LogP contribution in [0.3, 0.4) is 0 Å². The van der Waals surface area contributed by atoms with E-state index in [1.165, 1.54) is 16.3 Å². The molecule has 0 aromatic heterocycles. The summed E-state index contributed by atoms with van der Waals surface area (Å²) in [6.07, 6.45) is 2.02. The van der Waals surface area contributed by atoms with E-state index in [-0.39, 0.29) is 11.8 Å². The van der Waals surface area contributed by atoms with Crippen LogP contribution < -0.4 is 5.32 Å². The van der Waals surface area contributed by atoms with Crippen molar-refractivity contribution in [3.8, 4) is 0 Å². The quantitative estimate of drug-likeness (QED) is 0.661. The summed E-state index contributed by atoms with van der Waals surface area (Å²) in [7, 11) is 0. The molecule has 0 bridgehead atoms. The second kappa shape index (κ2) is 8.76. The number of benzene rings is 3. The Bertz CT molecular complexity index is 949. The first-order chi connectivity index (χ1) is 13.7. The van der Waals surface area contributed by atoms with Crippen LogP contribution in [0.15, 0.2) is 66.7 Å². The lowest BCUT2D eigenvalue weighted by molar-refractivity contribution is -0.126. The number of nitrogens with zero attached hydrogens (tertiary/aromatic N) is 1. The second-order valence-electron chi connectivity index (χ2n) is 7.56. The van der Waals surface area contributed by atoms with E-state index < -0.39 is 0 Å². The number of nitrogens with one attached hydrogen (secondary N) is 1. The van der Waals surface area contributed by atoms with E-state index in [2.05, 4.69) is 52.7 Å². The molecule has 1 aliphatic rings. The maximum absolute atomic E-state index is 12.7. The highest BCUT2D eigenvalue weighted by atomic mass is 35.5. The molecule has 3 aromatic rings. The van der Waals surface area contributed by atoms with Crippen molar-refractivity contribution in [2.24, 2.45) is 5.92 Å². The number of hydrogen-bond donors (Lipinski definition) is 1. The summed E-state index contributed by atoms with van der Waals surface area (Å²) >= 11 is 5.92. The van der Waals surface area contributed by atoms with Crippen LogP contribution in [0.5, 0.6) is 0 Å². The number of amides is 1. The van der Waals surface area contributed by atoms with Gasteiger partial charge in [0.15, 0.2) is 0 Å². The number of piperidine rings is 1. The molecule has 28 heavy (non-hydrogen) atoms. The minimum absolute atomic E-state index is 0.0519. The van der Waals surface area contributed by atoms with E-state index in [0.717, 1.165) is 38.0 Å². The van der Waals surface area contributed by atoms with Gasteiger partial charge in [0, 0.05) is 24.7 Å². The number of hydrogen-bond acceptors (Lipinski definition) is 2. The third-order valence-corrected chi connectivity index (χ3v) is 5.78. The van der Waals surface area contributed by atoms with Gasteiger partial charge in [0.1, 0.15) is 0 Å². The molecule has 0 aliphatic carbocycles. The first-order valence-corrected chi connectivity index (χ1v) is 10.3. The Labute approximate surface area is 171 Å². The van der Waals surface area contributed by atoms with Crippen molar-refractivity contribution in [1.82, 2.24) is 10.2 Å². The van der Waals surface area contributed by atoms with Crippen LogP contribution in [0.1, 0.15) is 24.0 Å². The average molecular weight is 393 g/mol. The molecule has 1 atom stereocenters. The number of rotatable bonds is 5. The highest BCUT2D eigenvalue weighted by molar-refractivity contribution is 6.30. The Morgan fingerprint density at radius 2 is 1.82 bits per heavy atom. The first kappa shape index (κ1) is 19.0. The molecule has 0 spiro atoms. The summed E-state index contributed by atoms with van der Waals surface area (Å²) < 4.78 is 0. The van der Waals surface area contributed by atoms with Gasteiger partial charge in [-0.1, -0.05) is 66.2 Å². The molecule has 1 heterocycles. The fourth-order valence-electron chi connectivity index (χ4n) is 4.02. The zero-order valence-electron chi connectivity index (χ0n) is 15.9. The molecule has 0 radical (unpaired) electrons. The standard InChI is InChI=1S/C24H25ClN2O/c25-22-12-10-18(11-13-22)15-26-24(28)21-8-4-14-27(17-21)16-20-7-3-6-19-5-1-2-9-23(19)20/h1-3,5-7,9-13,21H,4,8,14-17H2,(H,26,28). The van der Waals surface area contributed by atoms with Crippen LogP contribution in [0, 0.1) is 5.92 Å². The topological polar surface area (TPSA) is 32.3 Å². The van der Waals surface area contributed by atoms with Crippen LogP contribution in [0.2, 0.25) is 5.02 Å². The van der Waals surface area contributed by atoms with E-state index in [4.69, 9.17) is 11.6 Å². The summed E-state index contributed by atoms with van der Waals surface area (Å²) in [6, 6.07) is 22.6. The summed E-state index contributed by atoms with van der Waals surface area (Å²) in [4.78, 5) is 15.1. The van der Waals surface area contributed by atoms with Gasteiger partial charge < -0.3 is 5.32 Å². The van der Waals surface area contributed by atoms with Crippen molar-refractivity contribution in [1.29, 1.82) is 0 Å². The van der Waals surface area contributed by atoms with E-state index >= 15 is 0 Å². The van der Waals surface area contributed by atoms with Crippen molar-refractivity contribution in [2.45, 2.75) is 25.9 Å². The molecule has 0 saturated carbocycles. The first-order valence-electron chi connectivity index (χ1n) is 9.90. The summed E-state index contributed by atoms with van der Waals surface area (Å²) in [5.41, 5.74) is 2.40. The second-order valence-corrected chi connectivity index (χ2v) is 7.99. The van der Waals surface area contributed by atoms with Crippen LogP contribution in [-0.4, -0.2) is 23.9 Å². The van der Waals surface area contributed by atoms with Gasteiger partial charge in [-0.25, -0.2) is 0 Å². The minimum Gasteiger partial charge on any atom is -0.352 e. The molecule has 1 aliphatic heterocycles. The lowest BCUT2D eigenvalue weighted by Gasteiger charge is -2.32. The fourth-order valence-corrected chi connectivity index (χ4v) is 4.15. The zero-order valence-corrected chi connectivity index (χ0v) is 16.7. The van der Waals surface area contributed by atoms with Crippen LogP contribution in [-0.2, 0) is 17.9 Å². The SMILES string of the molecule is O=C(NCc1ccc(Cl)cc1)C1CCCN(Cc2cccc3ccccc23)C1. The van der Waals surface area contributed by atoms with Crippen LogP contribution in [0.25, 0.3) is 10.8 Å². The van der Waals surface area contributed by atoms with Crippen molar-refractivity contribution >= 4 is 28.3 Å².